The van der Waals surface area contributed by atoms with Gasteiger partial charge in [-0.3, -0.25) is 4.79 Å². The molecule has 2 aromatic rings. The summed E-state index contributed by atoms with van der Waals surface area (Å²) in [6.07, 6.45) is 1.90. The number of rotatable bonds is 3. The number of benzene rings is 1. The van der Waals surface area contributed by atoms with Crippen molar-refractivity contribution >= 4 is 16.9 Å². The van der Waals surface area contributed by atoms with E-state index in [-0.39, 0.29) is 5.97 Å². The topological polar surface area (TPSA) is 55.0 Å². The number of nitriles is 1. The fourth-order valence-corrected chi connectivity index (χ4v) is 2.23. The van der Waals surface area contributed by atoms with Crippen LogP contribution in [-0.2, 0) is 16.1 Å². The summed E-state index contributed by atoms with van der Waals surface area (Å²) in [5, 5.41) is 9.98. The smallest absolute Gasteiger partial charge is 0.313 e. The van der Waals surface area contributed by atoms with Gasteiger partial charge in [0.1, 0.15) is 0 Å². The van der Waals surface area contributed by atoms with Gasteiger partial charge in [-0.25, -0.2) is 0 Å². The first-order chi connectivity index (χ1) is 8.99. The number of carbonyl (C=O) groups excluding carboxylic acids is 1. The van der Waals surface area contributed by atoms with Crippen LogP contribution in [0.4, 0.5) is 0 Å². The number of carbonyl (C=O) groups is 1. The molecule has 0 fully saturated rings. The predicted octanol–water partition coefficient (Wildman–Crippen LogP) is 2.71. The van der Waals surface area contributed by atoms with Crippen LogP contribution in [-0.4, -0.2) is 17.6 Å². The van der Waals surface area contributed by atoms with E-state index in [0.717, 1.165) is 10.9 Å². The summed E-state index contributed by atoms with van der Waals surface area (Å²) in [6, 6.07) is 9.67. The Balaban J connectivity index is 2.43. The molecule has 0 saturated carbocycles. The molecule has 4 nitrogen and oxygen atoms in total. The normalized spacial score (nSPS) is 11.3. The summed E-state index contributed by atoms with van der Waals surface area (Å²) in [4.78, 5) is 11.7. The van der Waals surface area contributed by atoms with Gasteiger partial charge in [-0.15, -0.1) is 0 Å². The zero-order chi connectivity index (χ0) is 14.0. The number of methoxy groups -OCH3 is 1. The van der Waals surface area contributed by atoms with Gasteiger partial charge in [0.2, 0.25) is 0 Å². The molecule has 0 bridgehead atoms. The van der Waals surface area contributed by atoms with E-state index < -0.39 is 5.41 Å². The SMILES string of the molecule is COC(=O)C(C)(C)Cn1ccc2c(C#N)cccc21. The van der Waals surface area contributed by atoms with Gasteiger partial charge >= 0.3 is 5.97 Å². The Hall–Kier alpha value is -2.28. The summed E-state index contributed by atoms with van der Waals surface area (Å²) >= 11 is 0. The molecule has 0 unspecified atom stereocenters. The average molecular weight is 256 g/mol. The van der Waals surface area contributed by atoms with Crippen LogP contribution in [0, 0.1) is 16.7 Å². The maximum absolute atomic E-state index is 11.7. The number of esters is 1. The minimum atomic E-state index is -0.608. The lowest BCUT2D eigenvalue weighted by Crippen LogP contribution is -2.30. The number of hydrogen-bond donors (Lipinski definition) is 0. The molecule has 2 rings (SSSR count). The van der Waals surface area contributed by atoms with Crippen LogP contribution in [0.25, 0.3) is 10.9 Å². The third kappa shape index (κ3) is 2.32. The molecule has 1 aromatic heterocycles. The van der Waals surface area contributed by atoms with Crippen molar-refractivity contribution in [3.8, 4) is 6.07 Å². The van der Waals surface area contributed by atoms with Crippen LogP contribution in [0.2, 0.25) is 0 Å². The molecule has 1 heterocycles. The van der Waals surface area contributed by atoms with Crippen molar-refractivity contribution in [3.05, 3.63) is 36.0 Å². The Bertz CT molecular complexity index is 662. The zero-order valence-corrected chi connectivity index (χ0v) is 11.3. The number of fused-ring (bicyclic) bond motifs is 1. The highest BCUT2D eigenvalue weighted by Crippen LogP contribution is 2.25. The van der Waals surface area contributed by atoms with Gasteiger partial charge < -0.3 is 9.30 Å². The first kappa shape index (κ1) is 13.2. The largest absolute Gasteiger partial charge is 0.469 e. The Morgan fingerprint density at radius 2 is 2.16 bits per heavy atom. The number of aromatic nitrogens is 1. The fourth-order valence-electron chi connectivity index (χ4n) is 2.23. The summed E-state index contributed by atoms with van der Waals surface area (Å²) < 4.78 is 6.80. The third-order valence-electron chi connectivity index (χ3n) is 3.24. The molecule has 0 atom stereocenters. The molecule has 0 aliphatic carbocycles. The minimum Gasteiger partial charge on any atom is -0.469 e. The minimum absolute atomic E-state index is 0.245. The molecule has 0 aliphatic rings. The second-order valence-electron chi connectivity index (χ2n) is 5.17. The monoisotopic (exact) mass is 256 g/mol. The van der Waals surface area contributed by atoms with Gasteiger partial charge in [-0.2, -0.15) is 5.26 Å². The Morgan fingerprint density at radius 1 is 1.42 bits per heavy atom. The van der Waals surface area contributed by atoms with Gasteiger partial charge in [0.15, 0.2) is 0 Å². The van der Waals surface area contributed by atoms with E-state index in [2.05, 4.69) is 6.07 Å². The molecule has 0 N–H and O–H groups in total. The molecular formula is C15H16N2O2. The first-order valence-electron chi connectivity index (χ1n) is 6.06. The summed E-state index contributed by atoms with van der Waals surface area (Å²) in [5.41, 5.74) is 0.992. The van der Waals surface area contributed by atoms with Crippen LogP contribution in [0.15, 0.2) is 30.5 Å². The van der Waals surface area contributed by atoms with Crippen LogP contribution in [0.5, 0.6) is 0 Å². The molecule has 0 spiro atoms. The lowest BCUT2D eigenvalue weighted by atomic mass is 9.93. The molecule has 98 valence electrons. The van der Waals surface area contributed by atoms with E-state index in [1.54, 1.807) is 6.07 Å². The molecule has 0 amide bonds. The first-order valence-corrected chi connectivity index (χ1v) is 6.06. The van der Waals surface area contributed by atoms with Crippen LogP contribution < -0.4 is 0 Å². The van der Waals surface area contributed by atoms with Gasteiger partial charge in [0.05, 0.1) is 24.2 Å². The quantitative estimate of drug-likeness (QED) is 0.793. The van der Waals surface area contributed by atoms with Crippen molar-refractivity contribution in [1.82, 2.24) is 4.57 Å². The molecule has 0 saturated heterocycles. The molecule has 1 aromatic carbocycles. The highest BCUT2D eigenvalue weighted by atomic mass is 16.5. The van der Waals surface area contributed by atoms with Gasteiger partial charge in [-0.1, -0.05) is 6.07 Å². The lowest BCUT2D eigenvalue weighted by molar-refractivity contribution is -0.151. The van der Waals surface area contributed by atoms with Crippen molar-refractivity contribution in [2.75, 3.05) is 7.11 Å². The highest BCUT2D eigenvalue weighted by molar-refractivity contribution is 5.86. The summed E-state index contributed by atoms with van der Waals surface area (Å²) in [5.74, 6) is -0.245. The van der Waals surface area contributed by atoms with Crippen LogP contribution in [0.3, 0.4) is 0 Å². The fraction of sp³-hybridized carbons (Fsp3) is 0.333. The molecular weight excluding hydrogens is 240 g/mol. The summed E-state index contributed by atoms with van der Waals surface area (Å²) in [7, 11) is 1.39. The van der Waals surface area contributed by atoms with Gasteiger partial charge in [-0.05, 0) is 32.0 Å². The van der Waals surface area contributed by atoms with Crippen molar-refractivity contribution < 1.29 is 9.53 Å². The number of nitrogens with zero attached hydrogens (tertiary/aromatic N) is 2. The molecule has 19 heavy (non-hydrogen) atoms. The van der Waals surface area contributed by atoms with Crippen molar-refractivity contribution in [3.63, 3.8) is 0 Å². The summed E-state index contributed by atoms with van der Waals surface area (Å²) in [6.45, 7) is 4.20. The highest BCUT2D eigenvalue weighted by Gasteiger charge is 2.29. The van der Waals surface area contributed by atoms with E-state index in [4.69, 9.17) is 10.00 Å². The van der Waals surface area contributed by atoms with E-state index in [0.29, 0.717) is 12.1 Å². The van der Waals surface area contributed by atoms with Crippen molar-refractivity contribution in [1.29, 1.82) is 5.26 Å². The van der Waals surface area contributed by atoms with Crippen LogP contribution >= 0.6 is 0 Å². The second kappa shape index (κ2) is 4.77. The standard InChI is InChI=1S/C15H16N2O2/c1-15(2,14(18)19-3)10-17-8-7-12-11(9-16)5-4-6-13(12)17/h4-8H,10H2,1-3H3. The van der Waals surface area contributed by atoms with E-state index >= 15 is 0 Å². The van der Waals surface area contributed by atoms with Crippen molar-refractivity contribution in [2.45, 2.75) is 20.4 Å². The maximum Gasteiger partial charge on any atom is 0.313 e. The molecule has 0 radical (unpaired) electrons. The van der Waals surface area contributed by atoms with E-state index in [1.807, 2.05) is 42.8 Å². The van der Waals surface area contributed by atoms with Crippen LogP contribution in [0.1, 0.15) is 19.4 Å². The Kier molecular flexibility index (Phi) is 3.30. The zero-order valence-electron chi connectivity index (χ0n) is 11.3. The van der Waals surface area contributed by atoms with E-state index in [1.165, 1.54) is 7.11 Å². The second-order valence-corrected chi connectivity index (χ2v) is 5.17. The van der Waals surface area contributed by atoms with Gasteiger partial charge in [0, 0.05) is 23.6 Å². The Labute approximate surface area is 112 Å². The maximum atomic E-state index is 11.7. The number of ether oxygens (including phenoxy) is 1. The van der Waals surface area contributed by atoms with E-state index in [9.17, 15) is 4.79 Å². The molecule has 4 heteroatoms. The van der Waals surface area contributed by atoms with Crippen molar-refractivity contribution in [2.24, 2.45) is 5.41 Å². The molecule has 0 aliphatic heterocycles. The average Bonchev–Trinajstić information content (AvgIpc) is 2.80. The Morgan fingerprint density at radius 3 is 2.79 bits per heavy atom. The lowest BCUT2D eigenvalue weighted by Gasteiger charge is -2.22. The van der Waals surface area contributed by atoms with Gasteiger partial charge in [0.25, 0.3) is 0 Å². The predicted molar refractivity (Wildman–Crippen MR) is 72.5 cm³/mol. The number of hydrogen-bond acceptors (Lipinski definition) is 3. The third-order valence-corrected chi connectivity index (χ3v) is 3.24.